The quantitative estimate of drug-likeness (QED) is 0.761. The molecule has 23 heavy (non-hydrogen) atoms. The summed E-state index contributed by atoms with van der Waals surface area (Å²) in [6, 6.07) is 4.12. The fourth-order valence-electron chi connectivity index (χ4n) is 2.05. The van der Waals surface area contributed by atoms with E-state index >= 15 is 0 Å². The van der Waals surface area contributed by atoms with Gasteiger partial charge < -0.3 is 9.84 Å². The molecule has 0 bridgehead atoms. The lowest BCUT2D eigenvalue weighted by Gasteiger charge is -2.10. The summed E-state index contributed by atoms with van der Waals surface area (Å²) in [6.45, 7) is 0.0937. The van der Waals surface area contributed by atoms with Crippen LogP contribution in [0.1, 0.15) is 11.1 Å². The molecule has 0 aliphatic rings. The summed E-state index contributed by atoms with van der Waals surface area (Å²) in [6.07, 6.45) is 2.94. The van der Waals surface area contributed by atoms with Crippen molar-refractivity contribution >= 4 is 16.0 Å². The maximum Gasteiger partial charge on any atom is 0.307 e. The molecule has 1 aromatic carbocycles. The number of ether oxygens (including phenoxy) is 1. The van der Waals surface area contributed by atoms with Crippen molar-refractivity contribution in [3.8, 4) is 5.75 Å². The summed E-state index contributed by atoms with van der Waals surface area (Å²) in [5.74, 6) is -0.736. The van der Waals surface area contributed by atoms with Crippen molar-refractivity contribution in [2.75, 3.05) is 7.11 Å². The van der Waals surface area contributed by atoms with Crippen molar-refractivity contribution in [1.82, 2.24) is 14.5 Å². The van der Waals surface area contributed by atoms with Gasteiger partial charge in [-0.25, -0.2) is 13.1 Å². The number of aryl methyl sites for hydroxylation is 1. The molecule has 0 atom stereocenters. The molecule has 0 unspecified atom stereocenters. The van der Waals surface area contributed by atoms with Crippen molar-refractivity contribution in [1.29, 1.82) is 0 Å². The minimum atomic E-state index is -3.77. The molecule has 0 radical (unpaired) electrons. The van der Waals surface area contributed by atoms with Crippen LogP contribution in [0.4, 0.5) is 0 Å². The zero-order chi connectivity index (χ0) is 17.0. The lowest BCUT2D eigenvalue weighted by molar-refractivity contribution is -0.136. The molecular weight excluding hydrogens is 322 g/mol. The van der Waals surface area contributed by atoms with Crippen LogP contribution in [-0.2, 0) is 34.8 Å². The maximum atomic E-state index is 12.3. The molecule has 0 saturated carbocycles. The van der Waals surface area contributed by atoms with E-state index in [1.807, 2.05) is 0 Å². The van der Waals surface area contributed by atoms with Crippen molar-refractivity contribution in [3.63, 3.8) is 0 Å². The number of aliphatic carboxylic acids is 1. The highest BCUT2D eigenvalue weighted by Gasteiger charge is 2.17. The van der Waals surface area contributed by atoms with E-state index < -0.39 is 16.0 Å². The van der Waals surface area contributed by atoms with Gasteiger partial charge in [0.1, 0.15) is 5.75 Å². The van der Waals surface area contributed by atoms with Gasteiger partial charge in [-0.15, -0.1) is 0 Å². The van der Waals surface area contributed by atoms with Gasteiger partial charge in [0.05, 0.1) is 24.6 Å². The van der Waals surface area contributed by atoms with Crippen LogP contribution in [0, 0.1) is 0 Å². The van der Waals surface area contributed by atoms with Crippen molar-refractivity contribution < 1.29 is 23.1 Å². The Morgan fingerprint density at radius 2 is 2.17 bits per heavy atom. The second-order valence-corrected chi connectivity index (χ2v) is 6.66. The van der Waals surface area contributed by atoms with Crippen LogP contribution in [0.3, 0.4) is 0 Å². The standard InChI is InChI=1S/C14H17N3O5S/c1-17-9-10(7-15-17)8-16-23(20,21)12-3-4-13(22-2)11(5-12)6-14(18)19/h3-5,7,9,16H,6,8H2,1-2H3,(H,18,19). The lowest BCUT2D eigenvalue weighted by atomic mass is 10.1. The molecule has 0 saturated heterocycles. The number of methoxy groups -OCH3 is 1. The molecule has 0 spiro atoms. The number of benzene rings is 1. The second-order valence-electron chi connectivity index (χ2n) is 4.89. The minimum absolute atomic E-state index is 0.0153. The number of carboxylic acid groups (broad SMARTS) is 1. The molecule has 1 aromatic heterocycles. The number of carboxylic acids is 1. The van der Waals surface area contributed by atoms with Crippen LogP contribution in [0.2, 0.25) is 0 Å². The predicted molar refractivity (Wildman–Crippen MR) is 81.6 cm³/mol. The van der Waals surface area contributed by atoms with E-state index in [1.165, 1.54) is 25.3 Å². The predicted octanol–water partition coefficient (Wildman–Crippen LogP) is 0.534. The Balaban J connectivity index is 2.23. The summed E-state index contributed by atoms with van der Waals surface area (Å²) >= 11 is 0. The number of carbonyl (C=O) groups is 1. The van der Waals surface area contributed by atoms with Gasteiger partial charge >= 0.3 is 5.97 Å². The van der Waals surface area contributed by atoms with Crippen LogP contribution in [0.5, 0.6) is 5.75 Å². The summed E-state index contributed by atoms with van der Waals surface area (Å²) in [5, 5.41) is 12.9. The fraction of sp³-hybridized carbons (Fsp3) is 0.286. The smallest absolute Gasteiger partial charge is 0.307 e. The maximum absolute atomic E-state index is 12.3. The molecule has 0 amide bonds. The van der Waals surface area contributed by atoms with Gasteiger partial charge in [0.15, 0.2) is 0 Å². The minimum Gasteiger partial charge on any atom is -0.496 e. The van der Waals surface area contributed by atoms with Crippen LogP contribution in [-0.4, -0.2) is 36.4 Å². The molecule has 8 nitrogen and oxygen atoms in total. The third kappa shape index (κ3) is 4.30. The Labute approximate surface area is 133 Å². The summed E-state index contributed by atoms with van der Waals surface area (Å²) in [5.41, 5.74) is 1.01. The van der Waals surface area contributed by atoms with Crippen molar-refractivity contribution in [3.05, 3.63) is 41.7 Å². The molecule has 0 fully saturated rings. The van der Waals surface area contributed by atoms with Crippen LogP contribution in [0.25, 0.3) is 0 Å². The Hall–Kier alpha value is -2.39. The van der Waals surface area contributed by atoms with E-state index in [4.69, 9.17) is 9.84 Å². The van der Waals surface area contributed by atoms with Gasteiger partial charge in [0.2, 0.25) is 10.0 Å². The number of rotatable bonds is 7. The van der Waals surface area contributed by atoms with E-state index in [2.05, 4.69) is 9.82 Å². The monoisotopic (exact) mass is 339 g/mol. The summed E-state index contributed by atoms with van der Waals surface area (Å²) in [7, 11) is -0.634. The number of sulfonamides is 1. The van der Waals surface area contributed by atoms with E-state index in [0.29, 0.717) is 11.3 Å². The average Bonchev–Trinajstić information content (AvgIpc) is 2.90. The van der Waals surface area contributed by atoms with Gasteiger partial charge in [-0.2, -0.15) is 5.10 Å². The Bertz CT molecular complexity index is 814. The molecule has 2 aromatic rings. The van der Waals surface area contributed by atoms with Gasteiger partial charge in [-0.3, -0.25) is 9.48 Å². The first-order valence-electron chi connectivity index (χ1n) is 6.67. The third-order valence-corrected chi connectivity index (χ3v) is 4.53. The largest absolute Gasteiger partial charge is 0.496 e. The van der Waals surface area contributed by atoms with E-state index in [1.54, 1.807) is 24.1 Å². The van der Waals surface area contributed by atoms with Crippen LogP contribution < -0.4 is 9.46 Å². The Morgan fingerprint density at radius 1 is 1.43 bits per heavy atom. The zero-order valence-electron chi connectivity index (χ0n) is 12.7. The topological polar surface area (TPSA) is 111 Å². The number of aromatic nitrogens is 2. The van der Waals surface area contributed by atoms with E-state index in [0.717, 1.165) is 5.56 Å². The highest BCUT2D eigenvalue weighted by atomic mass is 32.2. The van der Waals surface area contributed by atoms with Gasteiger partial charge in [-0.05, 0) is 18.2 Å². The first kappa shape index (κ1) is 17.0. The normalized spacial score (nSPS) is 11.4. The third-order valence-electron chi connectivity index (χ3n) is 3.13. The van der Waals surface area contributed by atoms with E-state index in [-0.39, 0.29) is 17.9 Å². The highest BCUT2D eigenvalue weighted by molar-refractivity contribution is 7.89. The molecule has 124 valence electrons. The van der Waals surface area contributed by atoms with Crippen LogP contribution in [0.15, 0.2) is 35.5 Å². The fourth-order valence-corrected chi connectivity index (χ4v) is 3.12. The van der Waals surface area contributed by atoms with Crippen molar-refractivity contribution in [2.45, 2.75) is 17.9 Å². The molecule has 1 heterocycles. The SMILES string of the molecule is COc1ccc(S(=O)(=O)NCc2cnn(C)c2)cc1CC(=O)O. The molecular formula is C14H17N3O5S. The van der Waals surface area contributed by atoms with E-state index in [9.17, 15) is 13.2 Å². The number of nitrogens with zero attached hydrogens (tertiary/aromatic N) is 2. The highest BCUT2D eigenvalue weighted by Crippen LogP contribution is 2.23. The summed E-state index contributed by atoms with van der Waals surface area (Å²) in [4.78, 5) is 10.9. The van der Waals surface area contributed by atoms with Gasteiger partial charge in [0, 0.05) is 30.9 Å². The molecule has 9 heteroatoms. The molecule has 2 N–H and O–H groups in total. The first-order valence-corrected chi connectivity index (χ1v) is 8.16. The number of nitrogens with one attached hydrogen (secondary N) is 1. The summed E-state index contributed by atoms with van der Waals surface area (Å²) < 4.78 is 33.7. The second kappa shape index (κ2) is 6.80. The molecule has 0 aliphatic heterocycles. The van der Waals surface area contributed by atoms with Crippen molar-refractivity contribution in [2.24, 2.45) is 7.05 Å². The zero-order valence-corrected chi connectivity index (χ0v) is 13.5. The lowest BCUT2D eigenvalue weighted by Crippen LogP contribution is -2.23. The van der Waals surface area contributed by atoms with Gasteiger partial charge in [-0.1, -0.05) is 0 Å². The average molecular weight is 339 g/mol. The number of hydrogen-bond donors (Lipinski definition) is 2. The Kier molecular flexibility index (Phi) is 5.02. The molecule has 0 aliphatic carbocycles. The van der Waals surface area contributed by atoms with Crippen LogP contribution >= 0.6 is 0 Å². The number of hydrogen-bond acceptors (Lipinski definition) is 5. The van der Waals surface area contributed by atoms with Gasteiger partial charge in [0.25, 0.3) is 0 Å². The molecule has 2 rings (SSSR count). The first-order chi connectivity index (χ1) is 10.8. The Morgan fingerprint density at radius 3 is 2.74 bits per heavy atom.